The number of aliphatic imine (C=N–C) groups is 1. The van der Waals surface area contributed by atoms with E-state index in [1.807, 2.05) is 0 Å². The molecule has 0 aromatic heterocycles. The van der Waals surface area contributed by atoms with Crippen molar-refractivity contribution in [3.63, 3.8) is 0 Å². The lowest BCUT2D eigenvalue weighted by molar-refractivity contribution is 0.186. The first-order chi connectivity index (χ1) is 10.3. The Hall–Kier alpha value is -0.0400. The normalized spacial score (nSPS) is 19.7. The van der Waals surface area contributed by atoms with Gasteiger partial charge in [0, 0.05) is 19.6 Å². The summed E-state index contributed by atoms with van der Waals surface area (Å²) in [5.41, 5.74) is 5.95. The molecule has 0 bridgehead atoms. The van der Waals surface area contributed by atoms with Crippen molar-refractivity contribution >= 4 is 29.9 Å². The molecule has 132 valence electrons. The number of piperidine rings is 1. The van der Waals surface area contributed by atoms with Crippen LogP contribution in [0.5, 0.6) is 0 Å². The SMILES string of the molecule is CCCCCCCCNC(N)=NCC1CCCN(CC)C1.I. The zero-order valence-electron chi connectivity index (χ0n) is 14.6. The molecule has 1 rings (SSSR count). The highest BCUT2D eigenvalue weighted by Gasteiger charge is 2.18. The molecule has 0 aromatic rings. The molecule has 0 radical (unpaired) electrons. The van der Waals surface area contributed by atoms with Gasteiger partial charge in [-0.2, -0.15) is 0 Å². The summed E-state index contributed by atoms with van der Waals surface area (Å²) in [4.78, 5) is 7.04. The summed E-state index contributed by atoms with van der Waals surface area (Å²) in [5, 5.41) is 3.25. The number of rotatable bonds is 10. The average Bonchev–Trinajstić information content (AvgIpc) is 2.52. The van der Waals surface area contributed by atoms with Crippen LogP contribution in [0.15, 0.2) is 4.99 Å². The van der Waals surface area contributed by atoms with E-state index in [2.05, 4.69) is 29.1 Å². The predicted octanol–water partition coefficient (Wildman–Crippen LogP) is 3.60. The zero-order chi connectivity index (χ0) is 15.3. The topological polar surface area (TPSA) is 53.6 Å². The second-order valence-corrected chi connectivity index (χ2v) is 6.32. The number of nitrogens with two attached hydrogens (primary N) is 1. The molecule has 0 aromatic carbocycles. The lowest BCUT2D eigenvalue weighted by atomic mass is 9.98. The van der Waals surface area contributed by atoms with Crippen LogP contribution < -0.4 is 11.1 Å². The molecular formula is C17H37IN4. The summed E-state index contributed by atoms with van der Waals surface area (Å²) < 4.78 is 0. The molecule has 1 aliphatic heterocycles. The van der Waals surface area contributed by atoms with Crippen molar-refractivity contribution in [3.8, 4) is 0 Å². The maximum absolute atomic E-state index is 5.95. The van der Waals surface area contributed by atoms with Crippen molar-refractivity contribution in [1.82, 2.24) is 10.2 Å². The number of likely N-dealkylation sites (tertiary alicyclic amines) is 1. The molecule has 4 nitrogen and oxygen atoms in total. The monoisotopic (exact) mass is 424 g/mol. The largest absolute Gasteiger partial charge is 0.370 e. The Morgan fingerprint density at radius 1 is 1.18 bits per heavy atom. The molecule has 5 heteroatoms. The third kappa shape index (κ3) is 10.6. The van der Waals surface area contributed by atoms with Crippen molar-refractivity contribution < 1.29 is 0 Å². The summed E-state index contributed by atoms with van der Waals surface area (Å²) in [6, 6.07) is 0. The van der Waals surface area contributed by atoms with Crippen molar-refractivity contribution in [1.29, 1.82) is 0 Å². The summed E-state index contributed by atoms with van der Waals surface area (Å²) in [6.07, 6.45) is 10.5. The Kier molecular flexibility index (Phi) is 14.5. The molecular weight excluding hydrogens is 387 g/mol. The van der Waals surface area contributed by atoms with Crippen molar-refractivity contribution in [3.05, 3.63) is 0 Å². The Morgan fingerprint density at radius 3 is 2.64 bits per heavy atom. The molecule has 1 fully saturated rings. The van der Waals surface area contributed by atoms with E-state index >= 15 is 0 Å². The van der Waals surface area contributed by atoms with Crippen LogP contribution in [0.1, 0.15) is 65.2 Å². The van der Waals surface area contributed by atoms with Crippen LogP contribution in [0.25, 0.3) is 0 Å². The molecule has 22 heavy (non-hydrogen) atoms. The third-order valence-electron chi connectivity index (χ3n) is 4.41. The highest BCUT2D eigenvalue weighted by molar-refractivity contribution is 14.0. The highest BCUT2D eigenvalue weighted by atomic mass is 127. The highest BCUT2D eigenvalue weighted by Crippen LogP contribution is 2.16. The minimum atomic E-state index is 0. The molecule has 3 N–H and O–H groups in total. The van der Waals surface area contributed by atoms with E-state index in [-0.39, 0.29) is 24.0 Å². The number of guanidine groups is 1. The standard InChI is InChI=1S/C17H36N4.HI/c1-3-5-6-7-8-9-12-19-17(18)20-14-16-11-10-13-21(4-2)15-16;/h16H,3-15H2,1-2H3,(H3,18,19,20);1H. The lowest BCUT2D eigenvalue weighted by Gasteiger charge is -2.30. The van der Waals surface area contributed by atoms with Gasteiger partial charge in [0.05, 0.1) is 0 Å². The number of unbranched alkanes of at least 4 members (excludes halogenated alkanes) is 5. The maximum Gasteiger partial charge on any atom is 0.188 e. The predicted molar refractivity (Wildman–Crippen MR) is 108 cm³/mol. The molecule has 1 saturated heterocycles. The summed E-state index contributed by atoms with van der Waals surface area (Å²) in [7, 11) is 0. The molecule has 1 unspecified atom stereocenters. The van der Waals surface area contributed by atoms with E-state index in [1.54, 1.807) is 0 Å². The van der Waals surface area contributed by atoms with E-state index in [9.17, 15) is 0 Å². The number of nitrogens with zero attached hydrogens (tertiary/aromatic N) is 2. The molecule has 0 spiro atoms. The smallest absolute Gasteiger partial charge is 0.188 e. The van der Waals surface area contributed by atoms with Gasteiger partial charge < -0.3 is 16.0 Å². The quantitative estimate of drug-likeness (QED) is 0.244. The fourth-order valence-corrected chi connectivity index (χ4v) is 2.99. The van der Waals surface area contributed by atoms with E-state index in [4.69, 9.17) is 5.73 Å². The number of halogens is 1. The van der Waals surface area contributed by atoms with E-state index < -0.39 is 0 Å². The van der Waals surface area contributed by atoms with Crippen LogP contribution in [0.4, 0.5) is 0 Å². The van der Waals surface area contributed by atoms with Crippen LogP contribution in [-0.2, 0) is 0 Å². The third-order valence-corrected chi connectivity index (χ3v) is 4.41. The van der Waals surface area contributed by atoms with Crippen LogP contribution in [0.3, 0.4) is 0 Å². The minimum Gasteiger partial charge on any atom is -0.370 e. The van der Waals surface area contributed by atoms with Gasteiger partial charge in [-0.25, -0.2) is 0 Å². The van der Waals surface area contributed by atoms with Crippen LogP contribution in [0.2, 0.25) is 0 Å². The summed E-state index contributed by atoms with van der Waals surface area (Å²) >= 11 is 0. The van der Waals surface area contributed by atoms with Crippen LogP contribution in [-0.4, -0.2) is 43.6 Å². The Balaban J connectivity index is 0.00000441. The fourth-order valence-electron chi connectivity index (χ4n) is 2.99. The fraction of sp³-hybridized carbons (Fsp3) is 0.941. The summed E-state index contributed by atoms with van der Waals surface area (Å²) in [5.74, 6) is 1.32. The maximum atomic E-state index is 5.95. The molecule has 0 aliphatic carbocycles. The van der Waals surface area contributed by atoms with Gasteiger partial charge in [0.15, 0.2) is 5.96 Å². The molecule has 0 saturated carbocycles. The second-order valence-electron chi connectivity index (χ2n) is 6.32. The summed E-state index contributed by atoms with van der Waals surface area (Å²) in [6.45, 7) is 9.94. The second kappa shape index (κ2) is 14.5. The van der Waals surface area contributed by atoms with Crippen molar-refractivity contribution in [2.75, 3.05) is 32.7 Å². The van der Waals surface area contributed by atoms with Crippen molar-refractivity contribution in [2.24, 2.45) is 16.6 Å². The van der Waals surface area contributed by atoms with Gasteiger partial charge in [0.25, 0.3) is 0 Å². The van der Waals surface area contributed by atoms with E-state index in [1.165, 1.54) is 64.5 Å². The van der Waals surface area contributed by atoms with Crippen LogP contribution >= 0.6 is 24.0 Å². The van der Waals surface area contributed by atoms with Crippen molar-refractivity contribution in [2.45, 2.75) is 65.2 Å². The molecule has 1 atom stereocenters. The average molecular weight is 424 g/mol. The first kappa shape index (κ1) is 22.0. The first-order valence-corrected chi connectivity index (χ1v) is 9.02. The van der Waals surface area contributed by atoms with Gasteiger partial charge in [0.2, 0.25) is 0 Å². The number of hydrogen-bond acceptors (Lipinski definition) is 2. The van der Waals surface area contributed by atoms with Crippen LogP contribution in [0, 0.1) is 5.92 Å². The Labute approximate surface area is 154 Å². The molecule has 0 amide bonds. The molecule has 1 heterocycles. The minimum absolute atomic E-state index is 0. The lowest BCUT2D eigenvalue weighted by Crippen LogP contribution is -2.37. The van der Waals surface area contributed by atoms with Gasteiger partial charge in [-0.15, -0.1) is 24.0 Å². The van der Waals surface area contributed by atoms with Gasteiger partial charge in [-0.05, 0) is 38.3 Å². The Morgan fingerprint density at radius 2 is 1.91 bits per heavy atom. The van der Waals surface area contributed by atoms with Gasteiger partial charge in [0.1, 0.15) is 0 Å². The molecule has 1 aliphatic rings. The zero-order valence-corrected chi connectivity index (χ0v) is 17.0. The van der Waals surface area contributed by atoms with Gasteiger partial charge in [-0.1, -0.05) is 46.0 Å². The Bertz CT molecular complexity index is 284. The number of nitrogens with one attached hydrogen (secondary N) is 1. The van der Waals surface area contributed by atoms with E-state index in [0.717, 1.165) is 19.6 Å². The van der Waals surface area contributed by atoms with Gasteiger partial charge in [-0.3, -0.25) is 4.99 Å². The van der Waals surface area contributed by atoms with E-state index in [0.29, 0.717) is 11.9 Å². The number of hydrogen-bond donors (Lipinski definition) is 2. The van der Waals surface area contributed by atoms with Gasteiger partial charge >= 0.3 is 0 Å². The first-order valence-electron chi connectivity index (χ1n) is 9.02.